The van der Waals surface area contributed by atoms with Crippen molar-refractivity contribution >= 4 is 0 Å². The molecule has 0 amide bonds. The molecular formula is C9H15N. The normalized spacial score (nSPS) is 32.0. The number of hydrogen-bond acceptors (Lipinski definition) is 1. The van der Waals surface area contributed by atoms with E-state index in [1.807, 2.05) is 12.2 Å². The minimum atomic E-state index is 0.546. The minimum absolute atomic E-state index is 0.546. The molecule has 10 heavy (non-hydrogen) atoms. The molecule has 0 unspecified atom stereocenters. The Bertz CT molecular complexity index is 129. The smallest absolute Gasteiger partial charge is 0.0250 e. The summed E-state index contributed by atoms with van der Waals surface area (Å²) in [7, 11) is 0. The third kappa shape index (κ3) is 1.71. The summed E-state index contributed by atoms with van der Waals surface area (Å²) in [4.78, 5) is 0. The van der Waals surface area contributed by atoms with Crippen LogP contribution < -0.4 is 5.32 Å². The van der Waals surface area contributed by atoms with Crippen LogP contribution in [0.3, 0.4) is 0 Å². The lowest BCUT2D eigenvalue weighted by Crippen LogP contribution is -2.26. The second-order valence-electron chi connectivity index (χ2n) is 2.81. The van der Waals surface area contributed by atoms with Gasteiger partial charge in [0.1, 0.15) is 0 Å². The molecule has 0 bridgehead atoms. The summed E-state index contributed by atoms with van der Waals surface area (Å²) >= 11 is 0. The number of rotatable bonds is 3. The van der Waals surface area contributed by atoms with Crippen LogP contribution in [-0.4, -0.2) is 12.1 Å². The maximum Gasteiger partial charge on any atom is 0.0250 e. The van der Waals surface area contributed by atoms with Crippen LogP contribution >= 0.6 is 0 Å². The molecule has 1 aliphatic rings. The third-order valence-electron chi connectivity index (χ3n) is 2.01. The Hall–Kier alpha value is -0.560. The van der Waals surface area contributed by atoms with Gasteiger partial charge in [0.15, 0.2) is 0 Å². The molecular weight excluding hydrogens is 122 g/mol. The highest BCUT2D eigenvalue weighted by atomic mass is 15.0. The summed E-state index contributed by atoms with van der Waals surface area (Å²) < 4.78 is 0. The Morgan fingerprint density at radius 3 is 2.70 bits per heavy atom. The highest BCUT2D eigenvalue weighted by Crippen LogP contribution is 2.15. The molecule has 0 radical (unpaired) electrons. The first kappa shape index (κ1) is 7.55. The van der Waals surface area contributed by atoms with Gasteiger partial charge in [0.25, 0.3) is 0 Å². The minimum Gasteiger partial charge on any atom is -0.307 e. The fourth-order valence-electron chi connectivity index (χ4n) is 1.42. The first-order valence-corrected chi connectivity index (χ1v) is 3.86. The maximum absolute atomic E-state index is 3.75. The Balaban J connectivity index is 2.27. The van der Waals surface area contributed by atoms with Gasteiger partial charge >= 0.3 is 0 Å². The molecule has 0 aliphatic carbocycles. The van der Waals surface area contributed by atoms with Crippen molar-refractivity contribution < 1.29 is 0 Å². The lowest BCUT2D eigenvalue weighted by atomic mass is 10.1. The summed E-state index contributed by atoms with van der Waals surface area (Å²) in [5.74, 6) is 0. The van der Waals surface area contributed by atoms with Crippen molar-refractivity contribution in [1.29, 1.82) is 0 Å². The van der Waals surface area contributed by atoms with Gasteiger partial charge in [0.2, 0.25) is 0 Å². The average Bonchev–Trinajstić information content (AvgIpc) is 2.37. The van der Waals surface area contributed by atoms with Gasteiger partial charge in [-0.15, -0.1) is 13.2 Å². The van der Waals surface area contributed by atoms with E-state index in [1.54, 1.807) is 0 Å². The lowest BCUT2D eigenvalue weighted by Gasteiger charge is -2.07. The molecule has 56 valence electrons. The predicted molar refractivity (Wildman–Crippen MR) is 45.0 cm³/mol. The van der Waals surface area contributed by atoms with Crippen molar-refractivity contribution in [2.45, 2.75) is 31.3 Å². The molecule has 1 aliphatic heterocycles. The molecule has 0 saturated carbocycles. The van der Waals surface area contributed by atoms with Crippen molar-refractivity contribution in [2.24, 2.45) is 0 Å². The zero-order chi connectivity index (χ0) is 7.40. The van der Waals surface area contributed by atoms with Crippen molar-refractivity contribution in [2.75, 3.05) is 0 Å². The highest BCUT2D eigenvalue weighted by molar-refractivity contribution is 4.95. The van der Waals surface area contributed by atoms with Crippen LogP contribution in [0, 0.1) is 0 Å². The Kier molecular flexibility index (Phi) is 2.69. The van der Waals surface area contributed by atoms with E-state index < -0.39 is 0 Å². The third-order valence-corrected chi connectivity index (χ3v) is 2.01. The van der Waals surface area contributed by atoms with Gasteiger partial charge in [-0.05, 0) is 19.3 Å². The summed E-state index contributed by atoms with van der Waals surface area (Å²) in [5, 5.41) is 3.45. The molecule has 0 aromatic rings. The molecule has 1 heterocycles. The Labute approximate surface area is 62.8 Å². The van der Waals surface area contributed by atoms with Crippen molar-refractivity contribution in [1.82, 2.24) is 5.32 Å². The van der Waals surface area contributed by atoms with E-state index in [0.29, 0.717) is 12.1 Å². The SMILES string of the molecule is C=CC[C@H]1CC[C@@H](C=C)N1. The van der Waals surface area contributed by atoms with Crippen molar-refractivity contribution in [3.8, 4) is 0 Å². The van der Waals surface area contributed by atoms with Gasteiger partial charge in [-0.3, -0.25) is 0 Å². The standard InChI is InChI=1S/C9H15N/c1-3-5-9-7-6-8(4-2)10-9/h3-4,8-10H,1-2,5-7H2/t8-,9+/m1/s1. The predicted octanol–water partition coefficient (Wildman–Crippen LogP) is 1.87. The fraction of sp³-hybridized carbons (Fsp3) is 0.556. The van der Waals surface area contributed by atoms with E-state index in [9.17, 15) is 0 Å². The fourth-order valence-corrected chi connectivity index (χ4v) is 1.42. The van der Waals surface area contributed by atoms with Gasteiger partial charge < -0.3 is 5.32 Å². The molecule has 1 N–H and O–H groups in total. The Morgan fingerprint density at radius 2 is 2.20 bits per heavy atom. The van der Waals surface area contributed by atoms with E-state index in [-0.39, 0.29) is 0 Å². The van der Waals surface area contributed by atoms with Crippen LogP contribution in [0.2, 0.25) is 0 Å². The van der Waals surface area contributed by atoms with Crippen molar-refractivity contribution in [3.05, 3.63) is 25.3 Å². The molecule has 0 spiro atoms. The van der Waals surface area contributed by atoms with E-state index in [4.69, 9.17) is 0 Å². The number of hydrogen-bond donors (Lipinski definition) is 1. The highest BCUT2D eigenvalue weighted by Gasteiger charge is 2.19. The van der Waals surface area contributed by atoms with Gasteiger partial charge in [-0.2, -0.15) is 0 Å². The topological polar surface area (TPSA) is 12.0 Å². The zero-order valence-electron chi connectivity index (χ0n) is 6.34. The summed E-state index contributed by atoms with van der Waals surface area (Å²) in [6.07, 6.45) is 7.56. The second-order valence-corrected chi connectivity index (χ2v) is 2.81. The van der Waals surface area contributed by atoms with Gasteiger partial charge in [0, 0.05) is 12.1 Å². The molecule has 1 nitrogen and oxygen atoms in total. The van der Waals surface area contributed by atoms with Crippen molar-refractivity contribution in [3.63, 3.8) is 0 Å². The number of nitrogens with one attached hydrogen (secondary N) is 1. The quantitative estimate of drug-likeness (QED) is 0.585. The largest absolute Gasteiger partial charge is 0.307 e. The van der Waals surface area contributed by atoms with Crippen LogP contribution in [0.15, 0.2) is 25.3 Å². The second kappa shape index (κ2) is 3.57. The zero-order valence-corrected chi connectivity index (χ0v) is 6.34. The van der Waals surface area contributed by atoms with Gasteiger partial charge in [-0.25, -0.2) is 0 Å². The van der Waals surface area contributed by atoms with E-state index >= 15 is 0 Å². The molecule has 1 fully saturated rings. The van der Waals surface area contributed by atoms with E-state index in [0.717, 1.165) is 6.42 Å². The summed E-state index contributed by atoms with van der Waals surface area (Å²) in [6, 6.07) is 1.20. The van der Waals surface area contributed by atoms with Crippen LogP contribution in [0.4, 0.5) is 0 Å². The van der Waals surface area contributed by atoms with Crippen LogP contribution in [0.1, 0.15) is 19.3 Å². The molecule has 1 saturated heterocycles. The first-order valence-electron chi connectivity index (χ1n) is 3.86. The van der Waals surface area contributed by atoms with E-state index in [1.165, 1.54) is 12.8 Å². The molecule has 1 heteroatoms. The molecule has 2 atom stereocenters. The Morgan fingerprint density at radius 1 is 1.40 bits per heavy atom. The van der Waals surface area contributed by atoms with E-state index in [2.05, 4.69) is 18.5 Å². The first-order chi connectivity index (χ1) is 4.86. The lowest BCUT2D eigenvalue weighted by molar-refractivity contribution is 0.588. The average molecular weight is 137 g/mol. The summed E-state index contributed by atoms with van der Waals surface area (Å²) in [5.41, 5.74) is 0. The molecule has 0 aromatic heterocycles. The molecule has 0 aromatic carbocycles. The maximum atomic E-state index is 3.75. The monoisotopic (exact) mass is 137 g/mol. The van der Waals surface area contributed by atoms with Crippen LogP contribution in [-0.2, 0) is 0 Å². The van der Waals surface area contributed by atoms with Gasteiger partial charge in [-0.1, -0.05) is 12.2 Å². The molecule has 1 rings (SSSR count). The van der Waals surface area contributed by atoms with Crippen LogP contribution in [0.5, 0.6) is 0 Å². The summed E-state index contributed by atoms with van der Waals surface area (Å²) in [6.45, 7) is 7.46. The van der Waals surface area contributed by atoms with Crippen LogP contribution in [0.25, 0.3) is 0 Å². The van der Waals surface area contributed by atoms with Gasteiger partial charge in [0.05, 0.1) is 0 Å².